The molecular formula is C23H25ClN4O2S. The summed E-state index contributed by atoms with van der Waals surface area (Å²) >= 11 is 7.42. The van der Waals surface area contributed by atoms with Gasteiger partial charge in [0.1, 0.15) is 5.75 Å². The fourth-order valence-corrected chi connectivity index (χ4v) is 3.88. The van der Waals surface area contributed by atoms with E-state index < -0.39 is 0 Å². The number of nitrogens with one attached hydrogen (secondary N) is 1. The number of thioether (sulfide) groups is 1. The van der Waals surface area contributed by atoms with E-state index in [1.165, 1.54) is 11.8 Å². The van der Waals surface area contributed by atoms with Gasteiger partial charge in [-0.15, -0.1) is 16.8 Å². The highest BCUT2D eigenvalue weighted by Gasteiger charge is 2.20. The standard InChI is InChI=1S/C23H25ClN4O2S/c1-5-11-28-22(17(4)30-19-9-10-20(24)16(3)13-19)26-27-23(28)31-14-21(29)25-18-8-6-7-15(2)12-18/h5-10,12-13,17H,1,11,14H2,2-4H3,(H,25,29). The van der Waals surface area contributed by atoms with Gasteiger partial charge in [0.2, 0.25) is 5.91 Å². The SMILES string of the molecule is C=CCn1c(SCC(=O)Nc2cccc(C)c2)nnc1C(C)Oc1ccc(Cl)c(C)c1. The van der Waals surface area contributed by atoms with Crippen LogP contribution >= 0.6 is 23.4 Å². The summed E-state index contributed by atoms with van der Waals surface area (Å²) in [6.07, 6.45) is 1.42. The van der Waals surface area contributed by atoms with Crippen LogP contribution in [0, 0.1) is 13.8 Å². The fourth-order valence-electron chi connectivity index (χ4n) is 3.01. The van der Waals surface area contributed by atoms with Gasteiger partial charge < -0.3 is 10.1 Å². The van der Waals surface area contributed by atoms with E-state index >= 15 is 0 Å². The molecule has 0 fully saturated rings. The molecule has 0 radical (unpaired) electrons. The zero-order valence-electron chi connectivity index (χ0n) is 17.8. The van der Waals surface area contributed by atoms with Gasteiger partial charge >= 0.3 is 0 Å². The Morgan fingerprint density at radius 2 is 2.10 bits per heavy atom. The van der Waals surface area contributed by atoms with Gasteiger partial charge in [0.25, 0.3) is 0 Å². The second kappa shape index (κ2) is 10.5. The number of carbonyl (C=O) groups is 1. The van der Waals surface area contributed by atoms with E-state index in [0.717, 1.165) is 16.8 Å². The van der Waals surface area contributed by atoms with Crippen molar-refractivity contribution in [3.05, 3.63) is 77.1 Å². The van der Waals surface area contributed by atoms with Crippen LogP contribution < -0.4 is 10.1 Å². The lowest BCUT2D eigenvalue weighted by Gasteiger charge is -2.16. The topological polar surface area (TPSA) is 69.0 Å². The van der Waals surface area contributed by atoms with Gasteiger partial charge in [-0.1, -0.05) is 41.6 Å². The van der Waals surface area contributed by atoms with Gasteiger partial charge in [-0.2, -0.15) is 0 Å². The number of carbonyl (C=O) groups excluding carboxylic acids is 1. The number of hydrogen-bond acceptors (Lipinski definition) is 5. The van der Waals surface area contributed by atoms with Crippen molar-refractivity contribution in [2.45, 2.75) is 38.6 Å². The number of allylic oxidation sites excluding steroid dienone is 1. The number of amides is 1. The molecule has 162 valence electrons. The minimum atomic E-state index is -0.344. The van der Waals surface area contributed by atoms with Gasteiger partial charge in [0, 0.05) is 17.3 Å². The fraction of sp³-hybridized carbons (Fsp3) is 0.261. The Kier molecular flexibility index (Phi) is 7.76. The smallest absolute Gasteiger partial charge is 0.234 e. The number of anilines is 1. The molecule has 3 rings (SSSR count). The van der Waals surface area contributed by atoms with E-state index in [1.54, 1.807) is 6.08 Å². The Balaban J connectivity index is 1.68. The van der Waals surface area contributed by atoms with Gasteiger partial charge in [0.05, 0.1) is 5.75 Å². The van der Waals surface area contributed by atoms with Crippen molar-refractivity contribution in [2.75, 3.05) is 11.1 Å². The molecule has 0 bridgehead atoms. The molecule has 1 amide bonds. The van der Waals surface area contributed by atoms with Crippen LogP contribution in [0.3, 0.4) is 0 Å². The minimum absolute atomic E-state index is 0.105. The number of nitrogens with zero attached hydrogens (tertiary/aromatic N) is 3. The van der Waals surface area contributed by atoms with Crippen molar-refractivity contribution in [1.82, 2.24) is 14.8 Å². The van der Waals surface area contributed by atoms with Crippen LogP contribution in [0.4, 0.5) is 5.69 Å². The van der Waals surface area contributed by atoms with Crippen molar-refractivity contribution >= 4 is 35.0 Å². The van der Waals surface area contributed by atoms with E-state index in [-0.39, 0.29) is 17.8 Å². The maximum Gasteiger partial charge on any atom is 0.234 e. The minimum Gasteiger partial charge on any atom is -0.483 e. The number of halogens is 1. The van der Waals surface area contributed by atoms with Crippen molar-refractivity contribution < 1.29 is 9.53 Å². The number of benzene rings is 2. The molecule has 0 aliphatic heterocycles. The summed E-state index contributed by atoms with van der Waals surface area (Å²) in [4.78, 5) is 12.4. The molecule has 0 aliphatic carbocycles. The maximum atomic E-state index is 12.4. The molecule has 1 unspecified atom stereocenters. The first-order valence-corrected chi connectivity index (χ1v) is 11.2. The van der Waals surface area contributed by atoms with E-state index in [0.29, 0.717) is 28.3 Å². The number of hydrogen-bond donors (Lipinski definition) is 1. The third-order valence-corrected chi connectivity index (χ3v) is 5.89. The number of ether oxygens (including phenoxy) is 1. The second-order valence-electron chi connectivity index (χ2n) is 7.12. The predicted octanol–water partition coefficient (Wildman–Crippen LogP) is 5.61. The van der Waals surface area contributed by atoms with Crippen LogP contribution in [-0.2, 0) is 11.3 Å². The summed E-state index contributed by atoms with van der Waals surface area (Å²) < 4.78 is 7.96. The number of rotatable bonds is 9. The Morgan fingerprint density at radius 1 is 1.29 bits per heavy atom. The van der Waals surface area contributed by atoms with Crippen molar-refractivity contribution in [3.63, 3.8) is 0 Å². The lowest BCUT2D eigenvalue weighted by atomic mass is 10.2. The van der Waals surface area contributed by atoms with Crippen molar-refractivity contribution in [1.29, 1.82) is 0 Å². The molecule has 8 heteroatoms. The summed E-state index contributed by atoms with van der Waals surface area (Å²) in [5.74, 6) is 1.48. The van der Waals surface area contributed by atoms with Crippen molar-refractivity contribution in [3.8, 4) is 5.75 Å². The highest BCUT2D eigenvalue weighted by Crippen LogP contribution is 2.27. The Morgan fingerprint density at radius 3 is 2.81 bits per heavy atom. The quantitative estimate of drug-likeness (QED) is 0.335. The summed E-state index contributed by atoms with van der Waals surface area (Å²) in [5.41, 5.74) is 2.81. The zero-order chi connectivity index (χ0) is 22.4. The lowest BCUT2D eigenvalue weighted by molar-refractivity contribution is -0.113. The van der Waals surface area contributed by atoms with Gasteiger partial charge in [-0.25, -0.2) is 0 Å². The Hall–Kier alpha value is -2.77. The maximum absolute atomic E-state index is 12.4. The summed E-state index contributed by atoms with van der Waals surface area (Å²) in [6.45, 7) is 10.2. The molecule has 6 nitrogen and oxygen atoms in total. The molecule has 1 N–H and O–H groups in total. The third kappa shape index (κ3) is 6.12. The molecule has 0 spiro atoms. The van der Waals surface area contributed by atoms with E-state index in [4.69, 9.17) is 16.3 Å². The van der Waals surface area contributed by atoms with Gasteiger partial charge in [0.15, 0.2) is 17.1 Å². The first kappa shape index (κ1) is 22.9. The third-order valence-electron chi connectivity index (χ3n) is 4.50. The number of aryl methyl sites for hydroxylation is 2. The molecular weight excluding hydrogens is 432 g/mol. The van der Waals surface area contributed by atoms with Crippen LogP contribution in [0.1, 0.15) is 30.0 Å². The first-order valence-electron chi connectivity index (χ1n) is 9.83. The average Bonchev–Trinajstić information content (AvgIpc) is 3.12. The number of aromatic nitrogens is 3. The monoisotopic (exact) mass is 456 g/mol. The van der Waals surface area contributed by atoms with Crippen LogP contribution in [-0.4, -0.2) is 26.4 Å². The molecule has 0 saturated heterocycles. The molecule has 1 aromatic heterocycles. The molecule has 3 aromatic rings. The van der Waals surface area contributed by atoms with E-state index in [9.17, 15) is 4.79 Å². The lowest BCUT2D eigenvalue weighted by Crippen LogP contribution is -2.15. The largest absolute Gasteiger partial charge is 0.483 e. The molecule has 1 heterocycles. The van der Waals surface area contributed by atoms with Gasteiger partial charge in [-0.05, 0) is 62.2 Å². The van der Waals surface area contributed by atoms with E-state index in [2.05, 4.69) is 22.1 Å². The van der Waals surface area contributed by atoms with Gasteiger partial charge in [-0.3, -0.25) is 9.36 Å². The van der Waals surface area contributed by atoms with Crippen LogP contribution in [0.15, 0.2) is 60.3 Å². The Bertz CT molecular complexity index is 1080. The summed E-state index contributed by atoms with van der Waals surface area (Å²) in [7, 11) is 0. The zero-order valence-corrected chi connectivity index (χ0v) is 19.3. The highest BCUT2D eigenvalue weighted by atomic mass is 35.5. The first-order chi connectivity index (χ1) is 14.9. The van der Waals surface area contributed by atoms with Crippen LogP contribution in [0.2, 0.25) is 5.02 Å². The normalized spacial score (nSPS) is 11.7. The van der Waals surface area contributed by atoms with E-state index in [1.807, 2.05) is 67.8 Å². The molecule has 0 saturated carbocycles. The van der Waals surface area contributed by atoms with Crippen LogP contribution in [0.5, 0.6) is 5.75 Å². The van der Waals surface area contributed by atoms with Crippen molar-refractivity contribution in [2.24, 2.45) is 0 Å². The van der Waals surface area contributed by atoms with Crippen LogP contribution in [0.25, 0.3) is 0 Å². The molecule has 2 aromatic carbocycles. The Labute approximate surface area is 191 Å². The summed E-state index contributed by atoms with van der Waals surface area (Å²) in [6, 6.07) is 13.2. The average molecular weight is 457 g/mol. The molecule has 1 atom stereocenters. The molecule has 31 heavy (non-hydrogen) atoms. The highest BCUT2D eigenvalue weighted by molar-refractivity contribution is 7.99. The second-order valence-corrected chi connectivity index (χ2v) is 8.47. The predicted molar refractivity (Wildman–Crippen MR) is 126 cm³/mol. The molecule has 0 aliphatic rings. The summed E-state index contributed by atoms with van der Waals surface area (Å²) in [5, 5.41) is 12.8.